The zero-order chi connectivity index (χ0) is 20.1. The van der Waals surface area contributed by atoms with E-state index in [2.05, 4.69) is 0 Å². The number of benzene rings is 2. The Hall–Kier alpha value is -3.06. The lowest BCUT2D eigenvalue weighted by Gasteiger charge is -2.25. The number of methoxy groups -OCH3 is 1. The van der Waals surface area contributed by atoms with Gasteiger partial charge in [-0.25, -0.2) is 14.1 Å². The van der Waals surface area contributed by atoms with Crippen LogP contribution in [0, 0.1) is 17.7 Å². The van der Waals surface area contributed by atoms with Gasteiger partial charge in [0.25, 0.3) is 0 Å². The molecular weight excluding hydrogens is 363 g/mol. The molecule has 2 aromatic carbocycles. The average Bonchev–Trinajstić information content (AvgIpc) is 3.16. The van der Waals surface area contributed by atoms with E-state index in [9.17, 15) is 18.8 Å². The zero-order valence-corrected chi connectivity index (χ0v) is 15.5. The fraction of sp³-hybridized carbons (Fsp3) is 0.286. The number of amides is 2. The van der Waals surface area contributed by atoms with Crippen LogP contribution in [0.3, 0.4) is 0 Å². The summed E-state index contributed by atoms with van der Waals surface area (Å²) in [5.41, 5.74) is -0.601. The molecule has 2 fully saturated rings. The molecular formula is C21H20FN2O4+. The van der Waals surface area contributed by atoms with Crippen LogP contribution in [-0.4, -0.2) is 30.4 Å². The van der Waals surface area contributed by atoms with Gasteiger partial charge in [-0.1, -0.05) is 36.4 Å². The number of anilines is 1. The maximum absolute atomic E-state index is 14.5. The van der Waals surface area contributed by atoms with Crippen molar-refractivity contribution >= 4 is 23.5 Å². The molecule has 0 aromatic heterocycles. The molecule has 0 unspecified atom stereocenters. The summed E-state index contributed by atoms with van der Waals surface area (Å²) in [5.74, 6) is -3.80. The van der Waals surface area contributed by atoms with E-state index in [1.54, 1.807) is 60.8 Å². The van der Waals surface area contributed by atoms with E-state index in [0.29, 0.717) is 11.3 Å². The summed E-state index contributed by atoms with van der Waals surface area (Å²) in [6, 6.07) is 14.0. The number of hydrogen-bond acceptors (Lipinski definition) is 4. The molecule has 0 spiro atoms. The Labute approximate surface area is 161 Å². The van der Waals surface area contributed by atoms with E-state index in [1.807, 2.05) is 0 Å². The van der Waals surface area contributed by atoms with Crippen molar-refractivity contribution in [1.29, 1.82) is 0 Å². The van der Waals surface area contributed by atoms with Gasteiger partial charge in [0.05, 0.1) is 12.8 Å². The third-order valence-electron chi connectivity index (χ3n) is 5.81. The van der Waals surface area contributed by atoms with Gasteiger partial charge in [-0.3, -0.25) is 9.59 Å². The number of carbonyl (C=O) groups is 3. The second-order valence-electron chi connectivity index (χ2n) is 7.34. The van der Waals surface area contributed by atoms with Crippen LogP contribution < -0.4 is 10.2 Å². The van der Waals surface area contributed by atoms with Crippen molar-refractivity contribution in [2.45, 2.75) is 18.5 Å². The number of esters is 1. The van der Waals surface area contributed by atoms with Crippen LogP contribution in [0.4, 0.5) is 10.1 Å². The Balaban J connectivity index is 1.85. The summed E-state index contributed by atoms with van der Waals surface area (Å²) in [6.45, 7) is 1.58. The number of quaternary nitrogens is 1. The van der Waals surface area contributed by atoms with E-state index >= 15 is 0 Å². The lowest BCUT2D eigenvalue weighted by molar-refractivity contribution is -0.731. The predicted octanol–water partition coefficient (Wildman–Crippen LogP) is 1.18. The van der Waals surface area contributed by atoms with Gasteiger partial charge in [0, 0.05) is 12.5 Å². The van der Waals surface area contributed by atoms with Crippen molar-refractivity contribution in [1.82, 2.24) is 0 Å². The van der Waals surface area contributed by atoms with Gasteiger partial charge in [0.15, 0.2) is 0 Å². The highest BCUT2D eigenvalue weighted by Gasteiger charge is 2.71. The number of nitrogens with zero attached hydrogens (tertiary/aromatic N) is 1. The van der Waals surface area contributed by atoms with Gasteiger partial charge in [-0.15, -0.1) is 0 Å². The second-order valence-corrected chi connectivity index (χ2v) is 7.34. The number of ether oxygens (including phenoxy) is 1. The van der Waals surface area contributed by atoms with Gasteiger partial charge >= 0.3 is 5.97 Å². The van der Waals surface area contributed by atoms with Crippen LogP contribution in [0.5, 0.6) is 0 Å². The van der Waals surface area contributed by atoms with Crippen molar-refractivity contribution < 1.29 is 28.8 Å². The molecule has 0 bridgehead atoms. The molecule has 0 radical (unpaired) electrons. The molecule has 2 aromatic rings. The molecule has 2 aliphatic heterocycles. The number of nitrogens with two attached hydrogens (primary N) is 1. The lowest BCUT2D eigenvalue weighted by Crippen LogP contribution is -2.97. The van der Waals surface area contributed by atoms with Gasteiger partial charge < -0.3 is 10.1 Å². The van der Waals surface area contributed by atoms with Crippen LogP contribution in [0.1, 0.15) is 18.5 Å². The van der Waals surface area contributed by atoms with Crippen LogP contribution >= 0.6 is 0 Å². The van der Waals surface area contributed by atoms with Crippen molar-refractivity contribution in [3.8, 4) is 0 Å². The molecule has 6 nitrogen and oxygen atoms in total. The topological polar surface area (TPSA) is 80.3 Å². The third kappa shape index (κ3) is 2.46. The first-order chi connectivity index (χ1) is 13.4. The molecule has 144 valence electrons. The first-order valence-electron chi connectivity index (χ1n) is 9.02. The summed E-state index contributed by atoms with van der Waals surface area (Å²) in [4.78, 5) is 40.3. The monoisotopic (exact) mass is 383 g/mol. The molecule has 2 aliphatic rings. The number of fused-ring (bicyclic) bond motifs is 1. The third-order valence-corrected chi connectivity index (χ3v) is 5.81. The summed E-state index contributed by atoms with van der Waals surface area (Å²) in [6.07, 6.45) is 0. The summed E-state index contributed by atoms with van der Waals surface area (Å²) >= 11 is 0. The molecule has 0 aliphatic carbocycles. The number of halogens is 1. The van der Waals surface area contributed by atoms with Crippen molar-refractivity contribution in [2.24, 2.45) is 11.8 Å². The molecule has 2 saturated heterocycles. The fourth-order valence-electron chi connectivity index (χ4n) is 4.54. The fourth-order valence-corrected chi connectivity index (χ4v) is 4.54. The Bertz CT molecular complexity index is 964. The van der Waals surface area contributed by atoms with E-state index in [1.165, 1.54) is 13.2 Å². The first-order valence-corrected chi connectivity index (χ1v) is 9.02. The van der Waals surface area contributed by atoms with Crippen LogP contribution in [-0.2, 0) is 19.1 Å². The van der Waals surface area contributed by atoms with Gasteiger partial charge in [0.1, 0.15) is 23.7 Å². The Morgan fingerprint density at radius 2 is 1.71 bits per heavy atom. The molecule has 4 atom stereocenters. The molecule has 28 heavy (non-hydrogen) atoms. The van der Waals surface area contributed by atoms with E-state index in [-0.39, 0.29) is 0 Å². The number of rotatable bonds is 3. The quantitative estimate of drug-likeness (QED) is 0.638. The van der Waals surface area contributed by atoms with Crippen LogP contribution in [0.25, 0.3) is 0 Å². The van der Waals surface area contributed by atoms with Crippen LogP contribution in [0.15, 0.2) is 54.6 Å². The molecule has 4 rings (SSSR count). The molecule has 7 heteroatoms. The van der Waals surface area contributed by atoms with E-state index in [4.69, 9.17) is 4.74 Å². The molecule has 2 heterocycles. The lowest BCUT2D eigenvalue weighted by atomic mass is 9.80. The maximum atomic E-state index is 14.5. The Morgan fingerprint density at radius 1 is 1.07 bits per heavy atom. The molecule has 2 amide bonds. The Kier molecular flexibility index (Phi) is 4.27. The van der Waals surface area contributed by atoms with Crippen LogP contribution in [0.2, 0.25) is 0 Å². The summed E-state index contributed by atoms with van der Waals surface area (Å²) in [7, 11) is 1.24. The highest BCUT2D eigenvalue weighted by atomic mass is 19.1. The van der Waals surface area contributed by atoms with Gasteiger partial charge in [-0.2, -0.15) is 0 Å². The number of para-hydroxylation sites is 1. The van der Waals surface area contributed by atoms with E-state index < -0.39 is 47.0 Å². The van der Waals surface area contributed by atoms with Crippen molar-refractivity contribution in [3.05, 3.63) is 66.0 Å². The minimum atomic E-state index is -1.33. The van der Waals surface area contributed by atoms with Gasteiger partial charge in [-0.05, 0) is 18.2 Å². The standard InChI is InChI=1S/C21H19FN2O4/c1-21(20(27)28-2)16-15(17(23-21)13-10-6-7-11-14(13)22)18(25)24(19(16)26)12-8-4-3-5-9-12/h3-11,15-17,23H,1-2H3/p+1/t15-,16+,17-,21-/m0/s1. The number of imide groups is 1. The van der Waals surface area contributed by atoms with Crippen molar-refractivity contribution in [3.63, 3.8) is 0 Å². The minimum Gasteiger partial charge on any atom is -0.464 e. The number of carbonyl (C=O) groups excluding carboxylic acids is 3. The molecule has 2 N–H and O–H groups in total. The first kappa shape index (κ1) is 18.3. The second kappa shape index (κ2) is 6.53. The summed E-state index contributed by atoms with van der Waals surface area (Å²) < 4.78 is 19.5. The minimum absolute atomic E-state index is 0.293. The average molecular weight is 383 g/mol. The smallest absolute Gasteiger partial charge is 0.368 e. The predicted molar refractivity (Wildman–Crippen MR) is 97.4 cm³/mol. The normalized spacial score (nSPS) is 29.1. The largest absolute Gasteiger partial charge is 0.464 e. The zero-order valence-electron chi connectivity index (χ0n) is 15.5. The maximum Gasteiger partial charge on any atom is 0.368 e. The SMILES string of the molecule is COC(=O)[C@@]1(C)[NH2+][C@@H](c2ccccc2F)[C@H]2C(=O)N(c3ccccc3)C(=O)[C@@H]21. The summed E-state index contributed by atoms with van der Waals surface area (Å²) in [5, 5.41) is 1.60. The number of hydrogen-bond donors (Lipinski definition) is 1. The Morgan fingerprint density at radius 3 is 2.36 bits per heavy atom. The highest BCUT2D eigenvalue weighted by Crippen LogP contribution is 2.46. The van der Waals surface area contributed by atoms with Crippen molar-refractivity contribution in [2.75, 3.05) is 12.0 Å². The molecule has 0 saturated carbocycles. The van der Waals surface area contributed by atoms with E-state index in [0.717, 1.165) is 4.90 Å². The van der Waals surface area contributed by atoms with Gasteiger partial charge in [0.2, 0.25) is 17.4 Å². The highest BCUT2D eigenvalue weighted by molar-refractivity contribution is 6.23.